The zero-order valence-corrected chi connectivity index (χ0v) is 13.2. The monoisotopic (exact) mass is 287 g/mol. The zero-order chi connectivity index (χ0) is 16.0. The third-order valence-corrected chi connectivity index (χ3v) is 3.13. The van der Waals surface area contributed by atoms with Crippen molar-refractivity contribution in [1.82, 2.24) is 0 Å². The fourth-order valence-electron chi connectivity index (χ4n) is 2.37. The molecule has 0 bridgehead atoms. The highest BCUT2D eigenvalue weighted by atomic mass is 16.4. The summed E-state index contributed by atoms with van der Waals surface area (Å²) in [7, 11) is 0. The number of carboxylic acid groups (broad SMARTS) is 2. The molecule has 1 N–H and O–H groups in total. The Balaban J connectivity index is 0. The van der Waals surface area contributed by atoms with Gasteiger partial charge in [-0.1, -0.05) is 20.8 Å². The van der Waals surface area contributed by atoms with Crippen LogP contribution in [0, 0.1) is 0 Å². The normalized spacial score (nSPS) is 11.0. The lowest BCUT2D eigenvalue weighted by Gasteiger charge is -2.37. The maximum atomic E-state index is 9.53. The van der Waals surface area contributed by atoms with Crippen LogP contribution in [0.2, 0.25) is 0 Å². The minimum Gasteiger partial charge on any atom is -0.545 e. The Morgan fingerprint density at radius 2 is 1.35 bits per heavy atom. The van der Waals surface area contributed by atoms with Crippen LogP contribution in [0.15, 0.2) is 12.2 Å². The molecule has 118 valence electrons. The molecule has 0 aromatic rings. The summed E-state index contributed by atoms with van der Waals surface area (Å²) >= 11 is 0. The van der Waals surface area contributed by atoms with E-state index in [9.17, 15) is 14.7 Å². The van der Waals surface area contributed by atoms with Crippen LogP contribution in [0.4, 0.5) is 0 Å². The molecule has 0 radical (unpaired) electrons. The molecule has 0 fully saturated rings. The minimum atomic E-state index is -1.51. The van der Waals surface area contributed by atoms with E-state index in [4.69, 9.17) is 5.11 Å². The standard InChI is InChI=1S/C11H26N.C4H4O4/c1-5-9-12(8-4,10-6-2)11-7-3;5-3(6)1-2-4(7)8/h5-11H2,1-4H3;1-2H,(H,5,6)(H,7,8)/q+1;/p-1. The number of aliphatic carboxylic acids is 2. The van der Waals surface area contributed by atoms with Crippen LogP contribution in [0.3, 0.4) is 0 Å². The topological polar surface area (TPSA) is 77.4 Å². The number of carbonyl (C=O) groups excluding carboxylic acids is 1. The molecule has 0 saturated carbocycles. The lowest BCUT2D eigenvalue weighted by Crippen LogP contribution is -2.49. The fourth-order valence-corrected chi connectivity index (χ4v) is 2.37. The van der Waals surface area contributed by atoms with Crippen LogP contribution in [-0.4, -0.2) is 47.7 Å². The molecule has 20 heavy (non-hydrogen) atoms. The molecule has 0 atom stereocenters. The van der Waals surface area contributed by atoms with Gasteiger partial charge in [0.05, 0.1) is 32.1 Å². The number of carbonyl (C=O) groups is 2. The Hall–Kier alpha value is -1.36. The van der Waals surface area contributed by atoms with Crippen molar-refractivity contribution in [1.29, 1.82) is 0 Å². The SMILES string of the molecule is CCC[N+](CC)(CCC)CCC.O=C([O-])C=CC(=O)O. The maximum absolute atomic E-state index is 9.53. The van der Waals surface area contributed by atoms with Gasteiger partial charge in [-0.25, -0.2) is 4.79 Å². The van der Waals surface area contributed by atoms with Crippen LogP contribution in [0.5, 0.6) is 0 Å². The Kier molecular flexibility index (Phi) is 13.3. The summed E-state index contributed by atoms with van der Waals surface area (Å²) in [5, 5.41) is 17.2. The molecule has 0 aliphatic heterocycles. The van der Waals surface area contributed by atoms with Gasteiger partial charge < -0.3 is 19.5 Å². The molecule has 0 amide bonds. The van der Waals surface area contributed by atoms with Crippen molar-refractivity contribution in [2.45, 2.75) is 47.0 Å². The van der Waals surface area contributed by atoms with E-state index in [1.54, 1.807) is 0 Å². The Morgan fingerprint density at radius 3 is 1.50 bits per heavy atom. The molecule has 0 spiro atoms. The highest BCUT2D eigenvalue weighted by Crippen LogP contribution is 2.10. The number of quaternary nitrogens is 1. The van der Waals surface area contributed by atoms with Crippen molar-refractivity contribution >= 4 is 11.9 Å². The summed E-state index contributed by atoms with van der Waals surface area (Å²) in [6.07, 6.45) is 4.92. The predicted octanol–water partition coefficient (Wildman–Crippen LogP) is 1.43. The summed E-state index contributed by atoms with van der Waals surface area (Å²) in [6.45, 7) is 14.7. The van der Waals surface area contributed by atoms with Crippen LogP contribution in [0.25, 0.3) is 0 Å². The van der Waals surface area contributed by atoms with Crippen LogP contribution < -0.4 is 5.11 Å². The predicted molar refractivity (Wildman–Crippen MR) is 78.1 cm³/mol. The smallest absolute Gasteiger partial charge is 0.328 e. The average Bonchev–Trinajstić information content (AvgIpc) is 2.38. The van der Waals surface area contributed by atoms with Crippen molar-refractivity contribution in [3.8, 4) is 0 Å². The van der Waals surface area contributed by atoms with E-state index < -0.39 is 11.9 Å². The molecule has 5 nitrogen and oxygen atoms in total. The first-order valence-corrected chi connectivity index (χ1v) is 7.34. The largest absolute Gasteiger partial charge is 0.545 e. The Morgan fingerprint density at radius 1 is 0.950 bits per heavy atom. The van der Waals surface area contributed by atoms with Crippen LogP contribution >= 0.6 is 0 Å². The van der Waals surface area contributed by atoms with Gasteiger partial charge >= 0.3 is 5.97 Å². The molecule has 0 saturated heterocycles. The Bertz CT molecular complexity index is 267. The first kappa shape index (κ1) is 20.9. The first-order valence-electron chi connectivity index (χ1n) is 7.34. The highest BCUT2D eigenvalue weighted by molar-refractivity contribution is 5.88. The van der Waals surface area contributed by atoms with Gasteiger partial charge in [0.2, 0.25) is 0 Å². The van der Waals surface area contributed by atoms with Gasteiger partial charge in [0.15, 0.2) is 0 Å². The third-order valence-electron chi connectivity index (χ3n) is 3.13. The van der Waals surface area contributed by atoms with Crippen LogP contribution in [0.1, 0.15) is 47.0 Å². The second-order valence-electron chi connectivity index (χ2n) is 4.82. The minimum absolute atomic E-state index is 0.447. The molecule has 0 aromatic carbocycles. The van der Waals surface area contributed by atoms with Gasteiger partial charge in [0.1, 0.15) is 0 Å². The van der Waals surface area contributed by atoms with Gasteiger partial charge in [-0.05, 0) is 32.3 Å². The van der Waals surface area contributed by atoms with Gasteiger partial charge in [0, 0.05) is 6.08 Å². The third kappa shape index (κ3) is 11.7. The zero-order valence-electron chi connectivity index (χ0n) is 13.2. The van der Waals surface area contributed by atoms with Crippen molar-refractivity contribution in [3.05, 3.63) is 12.2 Å². The average molecular weight is 287 g/mol. The number of hydrogen-bond donors (Lipinski definition) is 1. The summed E-state index contributed by atoms with van der Waals surface area (Å²) in [5.74, 6) is -2.80. The second-order valence-corrected chi connectivity index (χ2v) is 4.82. The van der Waals surface area contributed by atoms with Crippen LogP contribution in [-0.2, 0) is 9.59 Å². The maximum Gasteiger partial charge on any atom is 0.328 e. The molecule has 0 aliphatic rings. The van der Waals surface area contributed by atoms with Gasteiger partial charge in [-0.3, -0.25) is 0 Å². The van der Waals surface area contributed by atoms with Gasteiger partial charge in [-0.15, -0.1) is 0 Å². The van der Waals surface area contributed by atoms with E-state index in [0.717, 1.165) is 0 Å². The number of nitrogens with zero attached hydrogens (tertiary/aromatic N) is 1. The van der Waals surface area contributed by atoms with Crippen molar-refractivity contribution in [3.63, 3.8) is 0 Å². The molecular formula is C15H29NO4. The molecule has 0 rings (SSSR count). The van der Waals surface area contributed by atoms with E-state index in [2.05, 4.69) is 27.7 Å². The number of carboxylic acids is 2. The lowest BCUT2D eigenvalue weighted by atomic mass is 10.2. The molecule has 0 aliphatic carbocycles. The first-order chi connectivity index (χ1) is 9.37. The number of hydrogen-bond acceptors (Lipinski definition) is 3. The summed E-state index contributed by atoms with van der Waals surface area (Å²) in [4.78, 5) is 19.0. The fraction of sp³-hybridized carbons (Fsp3) is 0.733. The molecule has 0 aromatic heterocycles. The molecule has 0 heterocycles. The van der Waals surface area contributed by atoms with Crippen molar-refractivity contribution in [2.24, 2.45) is 0 Å². The highest BCUT2D eigenvalue weighted by Gasteiger charge is 2.21. The van der Waals surface area contributed by atoms with Crippen molar-refractivity contribution < 1.29 is 24.3 Å². The molecule has 0 unspecified atom stereocenters. The van der Waals surface area contributed by atoms with E-state index >= 15 is 0 Å². The molecule has 5 heteroatoms. The number of rotatable bonds is 9. The van der Waals surface area contributed by atoms with E-state index in [1.807, 2.05) is 0 Å². The van der Waals surface area contributed by atoms with Gasteiger partial charge in [0.25, 0.3) is 0 Å². The Labute approximate surface area is 122 Å². The lowest BCUT2D eigenvalue weighted by molar-refractivity contribution is -0.926. The summed E-state index contributed by atoms with van der Waals surface area (Å²) in [5.41, 5.74) is 0. The van der Waals surface area contributed by atoms with Crippen molar-refractivity contribution in [2.75, 3.05) is 26.2 Å². The van der Waals surface area contributed by atoms with E-state index in [1.165, 1.54) is 49.9 Å². The van der Waals surface area contributed by atoms with Gasteiger partial charge in [-0.2, -0.15) is 0 Å². The summed E-state index contributed by atoms with van der Waals surface area (Å²) in [6, 6.07) is 0. The molecular weight excluding hydrogens is 258 g/mol. The summed E-state index contributed by atoms with van der Waals surface area (Å²) < 4.78 is 1.35. The van der Waals surface area contributed by atoms with E-state index in [0.29, 0.717) is 12.2 Å². The van der Waals surface area contributed by atoms with E-state index in [-0.39, 0.29) is 0 Å². The quantitative estimate of drug-likeness (QED) is 0.514. The second kappa shape index (κ2) is 12.7.